The molecule has 6 heteroatoms. The number of halogens is 2. The normalized spacial score (nSPS) is 22.3. The zero-order valence-corrected chi connectivity index (χ0v) is 19.4. The van der Waals surface area contributed by atoms with Crippen LogP contribution in [0.4, 0.5) is 4.39 Å². The molecule has 0 amide bonds. The quantitative estimate of drug-likeness (QED) is 0.367. The van der Waals surface area contributed by atoms with Crippen molar-refractivity contribution in [3.63, 3.8) is 0 Å². The third-order valence-electron chi connectivity index (χ3n) is 6.09. The van der Waals surface area contributed by atoms with Crippen molar-refractivity contribution in [2.45, 2.75) is 36.6 Å². The van der Waals surface area contributed by atoms with Gasteiger partial charge >= 0.3 is 0 Å². The summed E-state index contributed by atoms with van der Waals surface area (Å²) in [6, 6.07) is 23.7. The Morgan fingerprint density at radius 3 is 2.42 bits per heavy atom. The van der Waals surface area contributed by atoms with Crippen molar-refractivity contribution in [1.29, 1.82) is 5.26 Å². The predicted octanol–water partition coefficient (Wildman–Crippen LogP) is 6.51. The van der Waals surface area contributed by atoms with Gasteiger partial charge in [0.05, 0.1) is 29.0 Å². The Balaban J connectivity index is 1.67. The second kappa shape index (κ2) is 9.43. The van der Waals surface area contributed by atoms with E-state index in [-0.39, 0.29) is 5.75 Å². The summed E-state index contributed by atoms with van der Waals surface area (Å²) in [5.74, 6) is 0.193. The average Bonchev–Trinajstić information content (AvgIpc) is 3.43. The van der Waals surface area contributed by atoms with E-state index in [1.54, 1.807) is 24.3 Å². The van der Waals surface area contributed by atoms with E-state index >= 15 is 0 Å². The van der Waals surface area contributed by atoms with E-state index in [4.69, 9.17) is 21.1 Å². The molecule has 0 spiro atoms. The fraction of sp³-hybridized carbons (Fsp3) is 0.296. The first-order valence-electron chi connectivity index (χ1n) is 11.1. The van der Waals surface area contributed by atoms with E-state index in [1.807, 2.05) is 56.3 Å². The lowest BCUT2D eigenvalue weighted by atomic mass is 9.89. The van der Waals surface area contributed by atoms with Gasteiger partial charge in [-0.15, -0.1) is 11.6 Å². The van der Waals surface area contributed by atoms with Crippen LogP contribution < -0.4 is 14.8 Å². The number of hydrogen-bond acceptors (Lipinski definition) is 4. The molecule has 0 saturated heterocycles. The smallest absolute Gasteiger partial charge is 0.165 e. The molecule has 33 heavy (non-hydrogen) atoms. The molecule has 0 aliphatic heterocycles. The Bertz CT molecular complexity index is 1150. The molecule has 0 bridgehead atoms. The minimum absolute atomic E-state index is 0.0648. The van der Waals surface area contributed by atoms with Crippen LogP contribution >= 0.6 is 11.6 Å². The van der Waals surface area contributed by atoms with E-state index in [9.17, 15) is 9.65 Å². The van der Waals surface area contributed by atoms with Crippen molar-refractivity contribution in [1.82, 2.24) is 5.32 Å². The lowest BCUT2D eigenvalue weighted by molar-refractivity contribution is 0.340. The Hall–Kier alpha value is -3.07. The van der Waals surface area contributed by atoms with E-state index in [2.05, 4.69) is 11.4 Å². The van der Waals surface area contributed by atoms with Gasteiger partial charge in [-0.1, -0.05) is 43.3 Å². The van der Waals surface area contributed by atoms with Crippen LogP contribution in [0.15, 0.2) is 72.8 Å². The van der Waals surface area contributed by atoms with E-state index in [0.29, 0.717) is 30.9 Å². The number of nitrogens with zero attached hydrogens (tertiary/aromatic N) is 1. The molecule has 3 unspecified atom stereocenters. The van der Waals surface area contributed by atoms with Crippen LogP contribution in [-0.2, 0) is 5.54 Å². The van der Waals surface area contributed by atoms with Gasteiger partial charge in [-0.2, -0.15) is 5.26 Å². The predicted molar refractivity (Wildman–Crippen MR) is 127 cm³/mol. The van der Waals surface area contributed by atoms with Crippen molar-refractivity contribution in [3.8, 4) is 23.3 Å². The fourth-order valence-electron chi connectivity index (χ4n) is 4.48. The third kappa shape index (κ3) is 4.29. The first kappa shape index (κ1) is 23.1. The minimum atomic E-state index is -0.896. The molecule has 1 fully saturated rings. The number of rotatable bonds is 9. The second-order valence-electron chi connectivity index (χ2n) is 8.10. The van der Waals surface area contributed by atoms with E-state index in [0.717, 1.165) is 11.3 Å². The van der Waals surface area contributed by atoms with Crippen LogP contribution in [-0.4, -0.2) is 18.0 Å². The first-order valence-corrected chi connectivity index (χ1v) is 11.4. The molecule has 4 nitrogen and oxygen atoms in total. The largest absolute Gasteiger partial charge is 0.494 e. The maximum Gasteiger partial charge on any atom is 0.165 e. The molecule has 3 aromatic rings. The lowest BCUT2D eigenvalue weighted by Crippen LogP contribution is -2.38. The molecule has 0 aromatic heterocycles. The van der Waals surface area contributed by atoms with E-state index in [1.165, 1.54) is 6.07 Å². The van der Waals surface area contributed by atoms with Gasteiger partial charge in [0, 0.05) is 0 Å². The van der Waals surface area contributed by atoms with Crippen LogP contribution in [0, 0.1) is 17.1 Å². The Labute approximate surface area is 198 Å². The van der Waals surface area contributed by atoms with Crippen LogP contribution in [0.2, 0.25) is 0 Å². The molecule has 1 aliphatic carbocycles. The zero-order valence-electron chi connectivity index (χ0n) is 18.6. The highest BCUT2D eigenvalue weighted by molar-refractivity contribution is 6.28. The van der Waals surface area contributed by atoms with Gasteiger partial charge in [0.15, 0.2) is 11.6 Å². The number of para-hydroxylation sites is 1. The summed E-state index contributed by atoms with van der Waals surface area (Å²) in [6.07, 6.45) is 0.563. The number of hydrogen-bond donors (Lipinski definition) is 1. The summed E-state index contributed by atoms with van der Waals surface area (Å²) in [5, 5.41) is 13.7. The van der Waals surface area contributed by atoms with Crippen molar-refractivity contribution in [2.75, 3.05) is 13.2 Å². The monoisotopic (exact) mass is 464 g/mol. The van der Waals surface area contributed by atoms with Crippen molar-refractivity contribution in [2.24, 2.45) is 0 Å². The molecule has 1 saturated carbocycles. The summed E-state index contributed by atoms with van der Waals surface area (Å²) in [7, 11) is 0. The number of alkyl halides is 1. The number of ether oxygens (including phenoxy) is 2. The average molecular weight is 465 g/mol. The number of nitriles is 1. The number of nitrogens with one attached hydrogen (secondary N) is 1. The molecule has 3 atom stereocenters. The molecule has 1 aliphatic rings. The molecule has 3 aromatic carbocycles. The van der Waals surface area contributed by atoms with Gasteiger partial charge in [-0.3, -0.25) is 0 Å². The fourth-order valence-corrected chi connectivity index (χ4v) is 5.03. The Morgan fingerprint density at radius 2 is 1.79 bits per heavy atom. The summed E-state index contributed by atoms with van der Waals surface area (Å²) in [6.45, 7) is 5.23. The SMILES string of the molecule is CCNC1(c2ccc(OCC)cc2)CC1(Cl)C(C#N)c1ccc(F)c(Oc2ccccc2)c1. The standard InChI is InChI=1S/C27H26ClFN2O2/c1-3-31-27(20-11-13-21(14-12-20)32-4-2)18-26(27,28)23(17-30)19-10-15-24(29)25(16-19)33-22-8-6-5-7-9-22/h5-16,23,31H,3-4,18H2,1-2H3. The first-order chi connectivity index (χ1) is 16.0. The summed E-state index contributed by atoms with van der Waals surface area (Å²) < 4.78 is 25.8. The summed E-state index contributed by atoms with van der Waals surface area (Å²) in [5.41, 5.74) is 1.03. The maximum absolute atomic E-state index is 14.5. The zero-order chi connectivity index (χ0) is 23.5. The van der Waals surface area contributed by atoms with Gasteiger partial charge in [-0.25, -0.2) is 4.39 Å². The van der Waals surface area contributed by atoms with Gasteiger partial charge < -0.3 is 14.8 Å². The highest BCUT2D eigenvalue weighted by atomic mass is 35.5. The van der Waals surface area contributed by atoms with Gasteiger partial charge in [0.2, 0.25) is 0 Å². The molecular formula is C27H26ClFN2O2. The van der Waals surface area contributed by atoms with Gasteiger partial charge in [0.25, 0.3) is 0 Å². The van der Waals surface area contributed by atoms with Crippen LogP contribution in [0.1, 0.15) is 37.3 Å². The Morgan fingerprint density at radius 1 is 1.06 bits per heavy atom. The highest BCUT2D eigenvalue weighted by Crippen LogP contribution is 2.66. The third-order valence-corrected chi connectivity index (χ3v) is 6.76. The minimum Gasteiger partial charge on any atom is -0.494 e. The van der Waals surface area contributed by atoms with Crippen molar-refractivity contribution >= 4 is 11.6 Å². The summed E-state index contributed by atoms with van der Waals surface area (Å²) >= 11 is 7.18. The molecular weight excluding hydrogens is 439 g/mol. The maximum atomic E-state index is 14.5. The van der Waals surface area contributed by atoms with Crippen LogP contribution in [0.25, 0.3) is 0 Å². The van der Waals surface area contributed by atoms with E-state index < -0.39 is 22.1 Å². The molecule has 1 N–H and O–H groups in total. The van der Waals surface area contributed by atoms with Crippen molar-refractivity contribution < 1.29 is 13.9 Å². The molecule has 4 rings (SSSR count). The number of benzene rings is 3. The molecule has 0 heterocycles. The van der Waals surface area contributed by atoms with Crippen LogP contribution in [0.3, 0.4) is 0 Å². The summed E-state index contributed by atoms with van der Waals surface area (Å²) in [4.78, 5) is -0.896. The lowest BCUT2D eigenvalue weighted by Gasteiger charge is -2.27. The molecule has 170 valence electrons. The topological polar surface area (TPSA) is 54.3 Å². The van der Waals surface area contributed by atoms with Gasteiger partial charge in [0.1, 0.15) is 11.5 Å². The van der Waals surface area contributed by atoms with Crippen molar-refractivity contribution in [3.05, 3.63) is 89.7 Å². The van der Waals surface area contributed by atoms with Gasteiger partial charge in [-0.05, 0) is 67.4 Å². The van der Waals surface area contributed by atoms with Crippen LogP contribution in [0.5, 0.6) is 17.2 Å². The Kier molecular flexibility index (Phi) is 6.60. The highest BCUT2D eigenvalue weighted by Gasteiger charge is 2.71. The molecule has 0 radical (unpaired) electrons. The second-order valence-corrected chi connectivity index (χ2v) is 8.77.